The van der Waals surface area contributed by atoms with Gasteiger partial charge in [-0.25, -0.2) is 0 Å². The van der Waals surface area contributed by atoms with Gasteiger partial charge in [-0.2, -0.15) is 10.5 Å². The molecule has 0 atom stereocenters. The lowest BCUT2D eigenvalue weighted by molar-refractivity contribution is 0.373. The maximum absolute atomic E-state index is 9.65. The maximum Gasteiger partial charge on any atom is 0.160 e. The highest BCUT2D eigenvalue weighted by Crippen LogP contribution is 2.44. The molecule has 1 aromatic carbocycles. The third-order valence-electron chi connectivity index (χ3n) is 3.11. The van der Waals surface area contributed by atoms with Crippen molar-refractivity contribution >= 4 is 11.8 Å². The number of aromatic hydroxyl groups is 1. The van der Waals surface area contributed by atoms with Gasteiger partial charge in [-0.05, 0) is 17.7 Å². The molecule has 21 heavy (non-hydrogen) atoms. The quantitative estimate of drug-likeness (QED) is 0.756. The molecule has 1 heterocycles. The van der Waals surface area contributed by atoms with E-state index in [9.17, 15) is 15.6 Å². The molecule has 0 radical (unpaired) electrons. The first-order valence-electron chi connectivity index (χ1n) is 5.87. The SMILES string of the molecule is COc1cc(C2C(C#N)=C(N)SC(N)=C2C#N)ccc1O. The fourth-order valence-electron chi connectivity index (χ4n) is 2.10. The highest BCUT2D eigenvalue weighted by Gasteiger charge is 2.31. The monoisotopic (exact) mass is 300 g/mol. The molecule has 0 aliphatic carbocycles. The number of rotatable bonds is 2. The summed E-state index contributed by atoms with van der Waals surface area (Å²) in [6.07, 6.45) is 0. The summed E-state index contributed by atoms with van der Waals surface area (Å²) in [5.74, 6) is -0.439. The van der Waals surface area contributed by atoms with Crippen LogP contribution >= 0.6 is 11.8 Å². The van der Waals surface area contributed by atoms with Crippen LogP contribution in [0.5, 0.6) is 11.5 Å². The van der Waals surface area contributed by atoms with Crippen LogP contribution in [0.2, 0.25) is 0 Å². The van der Waals surface area contributed by atoms with E-state index in [1.807, 2.05) is 12.1 Å². The van der Waals surface area contributed by atoms with Crippen molar-refractivity contribution in [3.05, 3.63) is 45.0 Å². The molecule has 0 spiro atoms. The molecule has 5 N–H and O–H groups in total. The Morgan fingerprint density at radius 1 is 1.19 bits per heavy atom. The number of nitrogens with zero attached hydrogens (tertiary/aromatic N) is 2. The van der Waals surface area contributed by atoms with Crippen LogP contribution in [0.1, 0.15) is 11.5 Å². The molecule has 1 aliphatic rings. The predicted molar refractivity (Wildman–Crippen MR) is 78.6 cm³/mol. The topological polar surface area (TPSA) is 129 Å². The molecular formula is C14H12N4O2S. The molecule has 0 fully saturated rings. The fourth-order valence-corrected chi connectivity index (χ4v) is 2.89. The zero-order valence-electron chi connectivity index (χ0n) is 11.1. The first-order valence-corrected chi connectivity index (χ1v) is 6.69. The van der Waals surface area contributed by atoms with Gasteiger partial charge in [0.05, 0.1) is 46.4 Å². The van der Waals surface area contributed by atoms with Gasteiger partial charge in [-0.1, -0.05) is 17.8 Å². The Bertz CT molecular complexity index is 704. The fraction of sp³-hybridized carbons (Fsp3) is 0.143. The summed E-state index contributed by atoms with van der Waals surface area (Å²) in [5.41, 5.74) is 12.8. The third kappa shape index (κ3) is 2.47. The second-order valence-electron chi connectivity index (χ2n) is 4.25. The zero-order valence-corrected chi connectivity index (χ0v) is 11.9. The lowest BCUT2D eigenvalue weighted by Crippen LogP contribution is -2.18. The van der Waals surface area contributed by atoms with Crippen molar-refractivity contribution in [3.8, 4) is 23.6 Å². The number of allylic oxidation sites excluding steroid dienone is 2. The van der Waals surface area contributed by atoms with E-state index >= 15 is 0 Å². The minimum absolute atomic E-state index is 0.0302. The number of methoxy groups -OCH3 is 1. The van der Waals surface area contributed by atoms with E-state index in [1.54, 1.807) is 12.1 Å². The van der Waals surface area contributed by atoms with Crippen LogP contribution in [0.25, 0.3) is 0 Å². The van der Waals surface area contributed by atoms with Crippen molar-refractivity contribution in [2.75, 3.05) is 7.11 Å². The minimum Gasteiger partial charge on any atom is -0.504 e. The maximum atomic E-state index is 9.65. The van der Waals surface area contributed by atoms with Crippen molar-refractivity contribution in [1.82, 2.24) is 0 Å². The van der Waals surface area contributed by atoms with Crippen molar-refractivity contribution in [1.29, 1.82) is 10.5 Å². The lowest BCUT2D eigenvalue weighted by atomic mass is 9.85. The third-order valence-corrected chi connectivity index (χ3v) is 3.99. The van der Waals surface area contributed by atoms with E-state index < -0.39 is 5.92 Å². The predicted octanol–water partition coefficient (Wildman–Crippen LogP) is 1.62. The molecule has 106 valence electrons. The largest absolute Gasteiger partial charge is 0.504 e. The van der Waals surface area contributed by atoms with E-state index in [2.05, 4.69) is 0 Å². The van der Waals surface area contributed by atoms with Crippen LogP contribution in [-0.2, 0) is 0 Å². The van der Waals surface area contributed by atoms with Gasteiger partial charge in [-0.15, -0.1) is 0 Å². The Morgan fingerprint density at radius 3 is 2.24 bits per heavy atom. The highest BCUT2D eigenvalue weighted by molar-refractivity contribution is 8.06. The Labute approximate surface area is 125 Å². The number of thioether (sulfide) groups is 1. The first kappa shape index (κ1) is 14.6. The van der Waals surface area contributed by atoms with Gasteiger partial charge >= 0.3 is 0 Å². The number of nitrogens with two attached hydrogens (primary N) is 2. The number of ether oxygens (including phenoxy) is 1. The summed E-state index contributed by atoms with van der Waals surface area (Å²) >= 11 is 1.01. The van der Waals surface area contributed by atoms with Gasteiger partial charge in [0.1, 0.15) is 0 Å². The highest BCUT2D eigenvalue weighted by atomic mass is 32.2. The Balaban J connectivity index is 2.65. The molecule has 0 aromatic heterocycles. The van der Waals surface area contributed by atoms with Gasteiger partial charge < -0.3 is 21.3 Å². The van der Waals surface area contributed by atoms with E-state index in [-0.39, 0.29) is 32.7 Å². The van der Waals surface area contributed by atoms with Gasteiger partial charge in [0.25, 0.3) is 0 Å². The summed E-state index contributed by atoms with van der Waals surface area (Å²) < 4.78 is 5.05. The Kier molecular flexibility index (Phi) is 3.97. The summed E-state index contributed by atoms with van der Waals surface area (Å²) in [4.78, 5) is 0. The molecule has 7 heteroatoms. The van der Waals surface area contributed by atoms with Crippen molar-refractivity contribution in [2.24, 2.45) is 11.5 Å². The number of hydrogen-bond acceptors (Lipinski definition) is 7. The zero-order chi connectivity index (χ0) is 15.6. The van der Waals surface area contributed by atoms with Crippen LogP contribution in [0.3, 0.4) is 0 Å². The average molecular weight is 300 g/mol. The lowest BCUT2D eigenvalue weighted by Gasteiger charge is -2.24. The molecule has 2 rings (SSSR count). The van der Waals surface area contributed by atoms with E-state index in [1.165, 1.54) is 13.2 Å². The van der Waals surface area contributed by atoms with Gasteiger partial charge in [0.2, 0.25) is 0 Å². The standard InChI is InChI=1S/C14H12N4O2S/c1-20-11-4-7(2-3-10(11)19)12-8(5-15)13(17)21-14(18)9(12)6-16/h2-4,12,19H,17-18H2,1H3. The molecule has 0 unspecified atom stereocenters. The summed E-state index contributed by atoms with van der Waals surface area (Å²) in [6, 6.07) is 8.66. The summed E-state index contributed by atoms with van der Waals surface area (Å²) in [7, 11) is 1.42. The van der Waals surface area contributed by atoms with Crippen LogP contribution < -0.4 is 16.2 Å². The van der Waals surface area contributed by atoms with E-state index in [0.717, 1.165) is 11.8 Å². The molecule has 0 bridgehead atoms. The van der Waals surface area contributed by atoms with Crippen molar-refractivity contribution in [3.63, 3.8) is 0 Å². The molecular weight excluding hydrogens is 288 g/mol. The van der Waals surface area contributed by atoms with Crippen LogP contribution in [0.4, 0.5) is 0 Å². The Hall–Kier alpha value is -2.77. The van der Waals surface area contributed by atoms with Gasteiger partial charge in [0, 0.05) is 0 Å². The van der Waals surface area contributed by atoms with E-state index in [0.29, 0.717) is 5.56 Å². The van der Waals surface area contributed by atoms with Crippen LogP contribution in [0.15, 0.2) is 39.4 Å². The summed E-state index contributed by atoms with van der Waals surface area (Å²) in [5, 5.41) is 28.8. The second-order valence-corrected chi connectivity index (χ2v) is 5.33. The molecule has 0 saturated carbocycles. The minimum atomic E-state index is -0.657. The molecule has 1 aromatic rings. The van der Waals surface area contributed by atoms with Crippen molar-refractivity contribution in [2.45, 2.75) is 5.92 Å². The number of phenols is 1. The molecule has 6 nitrogen and oxygen atoms in total. The van der Waals surface area contributed by atoms with E-state index in [4.69, 9.17) is 16.2 Å². The normalized spacial score (nSPS) is 15.6. The van der Waals surface area contributed by atoms with Crippen molar-refractivity contribution < 1.29 is 9.84 Å². The molecule has 0 saturated heterocycles. The Morgan fingerprint density at radius 2 is 1.76 bits per heavy atom. The number of hydrogen-bond donors (Lipinski definition) is 3. The molecule has 0 amide bonds. The van der Waals surface area contributed by atoms with Crippen LogP contribution in [0, 0.1) is 22.7 Å². The second kappa shape index (κ2) is 5.70. The summed E-state index contributed by atoms with van der Waals surface area (Å²) in [6.45, 7) is 0. The number of benzene rings is 1. The van der Waals surface area contributed by atoms with Crippen LogP contribution in [-0.4, -0.2) is 12.2 Å². The number of phenolic OH excluding ortho intramolecular Hbond substituents is 1. The molecule has 1 aliphatic heterocycles. The number of nitriles is 2. The van der Waals surface area contributed by atoms with Gasteiger partial charge in [0.15, 0.2) is 11.5 Å². The van der Waals surface area contributed by atoms with Gasteiger partial charge in [-0.3, -0.25) is 0 Å². The average Bonchev–Trinajstić information content (AvgIpc) is 2.47. The smallest absolute Gasteiger partial charge is 0.160 e. The first-order chi connectivity index (χ1) is 10.0.